The maximum atomic E-state index is 13.7. The van der Waals surface area contributed by atoms with Crippen molar-refractivity contribution in [3.63, 3.8) is 0 Å². The second kappa shape index (κ2) is 8.69. The Labute approximate surface area is 153 Å². The molecule has 1 atom stereocenters. The van der Waals surface area contributed by atoms with Gasteiger partial charge in [-0.1, -0.05) is 25.4 Å². The molecule has 1 unspecified atom stereocenters. The fourth-order valence-corrected chi connectivity index (χ4v) is 2.77. The Kier molecular flexibility index (Phi) is 6.60. The number of rotatable bonds is 8. The summed E-state index contributed by atoms with van der Waals surface area (Å²) in [6.45, 7) is 4.11. The molecule has 1 aromatic carbocycles. The van der Waals surface area contributed by atoms with Crippen LogP contribution in [0.15, 0.2) is 22.7 Å². The molecule has 26 heavy (non-hydrogen) atoms. The first-order chi connectivity index (χ1) is 12.4. The maximum Gasteiger partial charge on any atom is 0.259 e. The molecular weight excluding hydrogens is 337 g/mol. The zero-order chi connectivity index (χ0) is 19.3. The first-order valence-electron chi connectivity index (χ1n) is 8.74. The van der Waals surface area contributed by atoms with Gasteiger partial charge in [-0.2, -0.15) is 0 Å². The van der Waals surface area contributed by atoms with E-state index >= 15 is 0 Å². The number of amides is 1. The van der Waals surface area contributed by atoms with Crippen molar-refractivity contribution in [2.45, 2.75) is 39.2 Å². The first kappa shape index (κ1) is 19.8. The topological polar surface area (TPSA) is 67.6 Å². The van der Waals surface area contributed by atoms with Gasteiger partial charge >= 0.3 is 0 Å². The normalized spacial score (nSPS) is 11.9. The average Bonchev–Trinajstić information content (AvgIpc) is 3.07. The van der Waals surface area contributed by atoms with Gasteiger partial charge in [0, 0.05) is 25.7 Å². The molecule has 142 valence electrons. The summed E-state index contributed by atoms with van der Waals surface area (Å²) in [7, 11) is 4.96. The molecule has 1 heterocycles. The highest BCUT2D eigenvalue weighted by Gasteiger charge is 2.27. The van der Waals surface area contributed by atoms with Crippen molar-refractivity contribution in [3.8, 4) is 17.1 Å². The van der Waals surface area contributed by atoms with Crippen molar-refractivity contribution in [2.75, 3.05) is 26.1 Å². The molecule has 1 aromatic heterocycles. The standard InChI is InChI=1S/C19H26FN3O3/c1-6-8-13(7-2)21-19(24)16-17(26-22-18(16)23(3)4)12-9-10-14(20)15(11-12)25-5/h9-11,13H,6-8H2,1-5H3,(H,21,24). The predicted molar refractivity (Wildman–Crippen MR) is 99.2 cm³/mol. The Morgan fingerprint density at radius 1 is 1.38 bits per heavy atom. The molecule has 0 saturated carbocycles. The second-order valence-corrected chi connectivity index (χ2v) is 6.32. The van der Waals surface area contributed by atoms with Gasteiger partial charge in [-0.15, -0.1) is 0 Å². The molecule has 1 amide bonds. The summed E-state index contributed by atoms with van der Waals surface area (Å²) in [6, 6.07) is 4.39. The van der Waals surface area contributed by atoms with E-state index in [4.69, 9.17) is 9.26 Å². The highest BCUT2D eigenvalue weighted by molar-refractivity contribution is 6.04. The third-order valence-electron chi connectivity index (χ3n) is 4.20. The number of carbonyl (C=O) groups excluding carboxylic acids is 1. The Morgan fingerprint density at radius 2 is 2.12 bits per heavy atom. The number of benzene rings is 1. The van der Waals surface area contributed by atoms with Crippen molar-refractivity contribution in [1.82, 2.24) is 10.5 Å². The Hall–Kier alpha value is -2.57. The summed E-state index contributed by atoms with van der Waals surface area (Å²) in [6.07, 6.45) is 2.71. The quantitative estimate of drug-likeness (QED) is 0.771. The third kappa shape index (κ3) is 4.15. The molecule has 7 heteroatoms. The summed E-state index contributed by atoms with van der Waals surface area (Å²) < 4.78 is 24.2. The number of hydrogen-bond donors (Lipinski definition) is 1. The first-order valence-corrected chi connectivity index (χ1v) is 8.74. The van der Waals surface area contributed by atoms with Crippen LogP contribution in [0.1, 0.15) is 43.5 Å². The summed E-state index contributed by atoms with van der Waals surface area (Å²) in [4.78, 5) is 14.7. The predicted octanol–water partition coefficient (Wildman–Crippen LogP) is 3.86. The number of nitrogens with zero attached hydrogens (tertiary/aromatic N) is 2. The molecule has 0 aliphatic carbocycles. The number of hydrogen-bond acceptors (Lipinski definition) is 5. The zero-order valence-corrected chi connectivity index (χ0v) is 15.9. The van der Waals surface area contributed by atoms with E-state index in [2.05, 4.69) is 17.4 Å². The summed E-state index contributed by atoms with van der Waals surface area (Å²) in [5.41, 5.74) is 0.857. The van der Waals surface area contributed by atoms with Gasteiger partial charge in [-0.25, -0.2) is 4.39 Å². The Bertz CT molecular complexity index is 758. The molecule has 1 N–H and O–H groups in total. The van der Waals surface area contributed by atoms with Crippen molar-refractivity contribution >= 4 is 11.7 Å². The summed E-state index contributed by atoms with van der Waals surface area (Å²) in [5.74, 6) is 0.0502. The molecule has 0 fully saturated rings. The van der Waals surface area contributed by atoms with E-state index in [9.17, 15) is 9.18 Å². The van der Waals surface area contributed by atoms with E-state index in [1.165, 1.54) is 25.3 Å². The van der Waals surface area contributed by atoms with Gasteiger partial charge in [0.2, 0.25) is 0 Å². The van der Waals surface area contributed by atoms with Crippen LogP contribution >= 0.6 is 0 Å². The number of methoxy groups -OCH3 is 1. The Balaban J connectivity index is 2.47. The van der Waals surface area contributed by atoms with E-state index in [1.807, 2.05) is 6.92 Å². The van der Waals surface area contributed by atoms with Crippen LogP contribution in [0.4, 0.5) is 10.2 Å². The van der Waals surface area contributed by atoms with Gasteiger partial charge in [-0.05, 0) is 31.0 Å². The molecule has 0 radical (unpaired) electrons. The number of nitrogens with one attached hydrogen (secondary N) is 1. The molecule has 0 aliphatic rings. The van der Waals surface area contributed by atoms with Crippen LogP contribution in [0.25, 0.3) is 11.3 Å². The molecule has 6 nitrogen and oxygen atoms in total. The highest BCUT2D eigenvalue weighted by Crippen LogP contribution is 2.33. The van der Waals surface area contributed by atoms with Crippen LogP contribution in [-0.4, -0.2) is 38.3 Å². The molecule has 0 saturated heterocycles. The van der Waals surface area contributed by atoms with Crippen LogP contribution in [0, 0.1) is 5.82 Å². The van der Waals surface area contributed by atoms with Gasteiger partial charge in [0.25, 0.3) is 5.91 Å². The van der Waals surface area contributed by atoms with E-state index in [0.717, 1.165) is 19.3 Å². The number of aromatic nitrogens is 1. The lowest BCUT2D eigenvalue weighted by molar-refractivity contribution is 0.0934. The molecular formula is C19H26FN3O3. The number of anilines is 1. The SMILES string of the molecule is CCCC(CC)NC(=O)c1c(N(C)C)noc1-c1ccc(F)c(OC)c1. The number of carbonyl (C=O) groups is 1. The fourth-order valence-electron chi connectivity index (χ4n) is 2.77. The van der Waals surface area contributed by atoms with Crippen molar-refractivity contribution in [2.24, 2.45) is 0 Å². The largest absolute Gasteiger partial charge is 0.494 e. The van der Waals surface area contributed by atoms with Crippen LogP contribution in [0.5, 0.6) is 5.75 Å². The minimum absolute atomic E-state index is 0.0769. The molecule has 0 spiro atoms. The second-order valence-electron chi connectivity index (χ2n) is 6.32. The number of ether oxygens (including phenoxy) is 1. The fraction of sp³-hybridized carbons (Fsp3) is 0.474. The smallest absolute Gasteiger partial charge is 0.259 e. The van der Waals surface area contributed by atoms with Crippen molar-refractivity contribution < 1.29 is 18.4 Å². The lowest BCUT2D eigenvalue weighted by Gasteiger charge is -2.17. The lowest BCUT2D eigenvalue weighted by Crippen LogP contribution is -2.35. The minimum atomic E-state index is -0.483. The monoisotopic (exact) mass is 363 g/mol. The van der Waals surface area contributed by atoms with Gasteiger partial charge in [0.15, 0.2) is 23.1 Å². The van der Waals surface area contributed by atoms with E-state index in [-0.39, 0.29) is 23.5 Å². The van der Waals surface area contributed by atoms with Crippen molar-refractivity contribution in [1.29, 1.82) is 0 Å². The van der Waals surface area contributed by atoms with Gasteiger partial charge < -0.3 is 19.5 Å². The Morgan fingerprint density at radius 3 is 2.69 bits per heavy atom. The van der Waals surface area contributed by atoms with Gasteiger partial charge in [0.1, 0.15) is 5.56 Å². The van der Waals surface area contributed by atoms with E-state index in [1.54, 1.807) is 19.0 Å². The van der Waals surface area contributed by atoms with Crippen LogP contribution in [0.3, 0.4) is 0 Å². The van der Waals surface area contributed by atoms with Gasteiger partial charge in [-0.3, -0.25) is 4.79 Å². The molecule has 0 aliphatic heterocycles. The van der Waals surface area contributed by atoms with Crippen molar-refractivity contribution in [3.05, 3.63) is 29.6 Å². The molecule has 2 aromatic rings. The van der Waals surface area contributed by atoms with Gasteiger partial charge in [0.05, 0.1) is 7.11 Å². The number of halogens is 1. The molecule has 2 rings (SSSR count). The van der Waals surface area contributed by atoms with Crippen LogP contribution < -0.4 is 15.0 Å². The van der Waals surface area contributed by atoms with E-state index < -0.39 is 5.82 Å². The minimum Gasteiger partial charge on any atom is -0.494 e. The average molecular weight is 363 g/mol. The van der Waals surface area contributed by atoms with E-state index in [0.29, 0.717) is 16.9 Å². The zero-order valence-electron chi connectivity index (χ0n) is 15.9. The summed E-state index contributed by atoms with van der Waals surface area (Å²) in [5, 5.41) is 7.07. The van der Waals surface area contributed by atoms with Crippen LogP contribution in [0.2, 0.25) is 0 Å². The third-order valence-corrected chi connectivity index (χ3v) is 4.20. The lowest BCUT2D eigenvalue weighted by atomic mass is 10.0. The summed E-state index contributed by atoms with van der Waals surface area (Å²) >= 11 is 0. The van der Waals surface area contributed by atoms with Crippen LogP contribution in [-0.2, 0) is 0 Å². The molecule has 0 bridgehead atoms. The highest BCUT2D eigenvalue weighted by atomic mass is 19.1. The maximum absolute atomic E-state index is 13.7.